The van der Waals surface area contributed by atoms with Crippen LogP contribution in [-0.2, 0) is 11.3 Å². The lowest BCUT2D eigenvalue weighted by atomic mass is 9.91. The molecule has 0 bridgehead atoms. The first kappa shape index (κ1) is 29.2. The number of ether oxygens (including phenoxy) is 1. The zero-order chi connectivity index (χ0) is 30.2. The number of amides is 1. The Balaban J connectivity index is 1.18. The molecule has 3 heterocycles. The summed E-state index contributed by atoms with van der Waals surface area (Å²) in [5.41, 5.74) is 1.91. The third-order valence-corrected chi connectivity index (χ3v) is 9.05. The van der Waals surface area contributed by atoms with Gasteiger partial charge in [0.05, 0.1) is 23.8 Å². The highest BCUT2D eigenvalue weighted by Crippen LogP contribution is 2.38. The highest BCUT2D eigenvalue weighted by molar-refractivity contribution is 5.92. The molecule has 1 spiro atoms. The number of carboxylic acid groups (broad SMARTS) is 1. The van der Waals surface area contributed by atoms with Crippen molar-refractivity contribution in [1.29, 1.82) is 0 Å². The lowest BCUT2D eigenvalue weighted by Gasteiger charge is -2.37. The number of halogens is 3. The summed E-state index contributed by atoms with van der Waals surface area (Å²) in [6, 6.07) is 6.47. The quantitative estimate of drug-likeness (QED) is 0.390. The van der Waals surface area contributed by atoms with Gasteiger partial charge in [-0.1, -0.05) is 43.6 Å². The van der Waals surface area contributed by atoms with Crippen molar-refractivity contribution in [1.82, 2.24) is 14.7 Å². The van der Waals surface area contributed by atoms with Gasteiger partial charge in [-0.2, -0.15) is 18.3 Å². The van der Waals surface area contributed by atoms with Crippen LogP contribution in [0.5, 0.6) is 0 Å². The van der Waals surface area contributed by atoms with Crippen LogP contribution in [0.2, 0.25) is 0 Å². The van der Waals surface area contributed by atoms with E-state index in [-0.39, 0.29) is 18.0 Å². The van der Waals surface area contributed by atoms with Crippen LogP contribution >= 0.6 is 0 Å². The van der Waals surface area contributed by atoms with Gasteiger partial charge in [0.1, 0.15) is 5.60 Å². The first-order valence-corrected chi connectivity index (χ1v) is 14.9. The molecule has 0 atom stereocenters. The Kier molecular flexibility index (Phi) is 7.93. The molecule has 4 aliphatic rings. The number of carboxylic acids is 1. The van der Waals surface area contributed by atoms with E-state index in [2.05, 4.69) is 11.1 Å². The number of benzene rings is 1. The number of carbonyl (C=O) groups is 2. The number of piperidine rings is 1. The van der Waals surface area contributed by atoms with Crippen LogP contribution < -0.4 is 4.90 Å². The van der Waals surface area contributed by atoms with Crippen molar-refractivity contribution in [3.05, 3.63) is 77.2 Å². The fourth-order valence-electron chi connectivity index (χ4n) is 6.54. The molecular weight excluding hydrogens is 561 g/mol. The minimum Gasteiger partial charge on any atom is -0.478 e. The average molecular weight is 597 g/mol. The molecule has 11 heteroatoms. The number of anilines is 1. The number of nitrogens with zero attached hydrogens (tertiary/aromatic N) is 4. The minimum absolute atomic E-state index is 0.150. The molecule has 6 rings (SSSR count). The maximum atomic E-state index is 13.4. The van der Waals surface area contributed by atoms with E-state index in [0.717, 1.165) is 31.2 Å². The average Bonchev–Trinajstić information content (AvgIpc) is 3.44. The first-order valence-electron chi connectivity index (χ1n) is 14.9. The highest BCUT2D eigenvalue weighted by Gasteiger charge is 2.47. The van der Waals surface area contributed by atoms with E-state index in [1.165, 1.54) is 30.7 Å². The summed E-state index contributed by atoms with van der Waals surface area (Å²) in [5.74, 6) is -1.03. The van der Waals surface area contributed by atoms with Crippen LogP contribution in [0.25, 0.3) is 5.57 Å². The smallest absolute Gasteiger partial charge is 0.415 e. The summed E-state index contributed by atoms with van der Waals surface area (Å²) in [7, 11) is 0. The Labute approximate surface area is 248 Å². The number of hydrogen-bond donors (Lipinski definition) is 1. The van der Waals surface area contributed by atoms with Gasteiger partial charge >= 0.3 is 18.2 Å². The molecule has 3 fully saturated rings. The van der Waals surface area contributed by atoms with Crippen LogP contribution in [0.3, 0.4) is 0 Å². The van der Waals surface area contributed by atoms with Crippen LogP contribution in [-0.4, -0.2) is 63.3 Å². The van der Waals surface area contributed by atoms with Gasteiger partial charge in [-0.25, -0.2) is 9.59 Å². The van der Waals surface area contributed by atoms with Crippen molar-refractivity contribution in [2.24, 2.45) is 0 Å². The maximum absolute atomic E-state index is 13.4. The molecule has 2 aromatic rings. The summed E-state index contributed by atoms with van der Waals surface area (Å²) in [6.07, 6.45) is 9.94. The Morgan fingerprint density at radius 1 is 1.07 bits per heavy atom. The van der Waals surface area contributed by atoms with E-state index in [9.17, 15) is 22.8 Å². The second-order valence-corrected chi connectivity index (χ2v) is 12.0. The van der Waals surface area contributed by atoms with Crippen molar-refractivity contribution in [2.75, 3.05) is 24.5 Å². The molecule has 2 aliphatic carbocycles. The molecule has 8 nitrogen and oxygen atoms in total. The van der Waals surface area contributed by atoms with E-state index >= 15 is 0 Å². The van der Waals surface area contributed by atoms with E-state index in [4.69, 9.17) is 14.9 Å². The number of rotatable bonds is 6. The lowest BCUT2D eigenvalue weighted by molar-refractivity contribution is -0.0928. The zero-order valence-electron chi connectivity index (χ0n) is 23.9. The van der Waals surface area contributed by atoms with Crippen molar-refractivity contribution >= 4 is 23.3 Å². The number of aromatic nitrogens is 2. The van der Waals surface area contributed by atoms with Gasteiger partial charge in [0.15, 0.2) is 0 Å². The molecule has 1 amide bonds. The largest absolute Gasteiger partial charge is 0.478 e. The van der Waals surface area contributed by atoms with Crippen LogP contribution in [0, 0.1) is 0 Å². The van der Waals surface area contributed by atoms with Crippen molar-refractivity contribution in [3.8, 4) is 0 Å². The lowest BCUT2D eigenvalue weighted by Crippen LogP contribution is -2.46. The summed E-state index contributed by atoms with van der Waals surface area (Å²) in [4.78, 5) is 27.8. The molecule has 0 radical (unpaired) electrons. The van der Waals surface area contributed by atoms with Crippen molar-refractivity contribution in [3.63, 3.8) is 0 Å². The summed E-state index contributed by atoms with van der Waals surface area (Å²) in [6.45, 7) is 2.34. The van der Waals surface area contributed by atoms with E-state index in [1.54, 1.807) is 29.2 Å². The minimum atomic E-state index is -4.37. The Morgan fingerprint density at radius 3 is 2.47 bits per heavy atom. The van der Waals surface area contributed by atoms with Crippen LogP contribution in [0.15, 0.2) is 60.3 Å². The first-order chi connectivity index (χ1) is 20.6. The van der Waals surface area contributed by atoms with Gasteiger partial charge in [-0.15, -0.1) is 0 Å². The molecule has 2 aliphatic heterocycles. The molecule has 1 aromatic carbocycles. The SMILES string of the molecule is O=C(O)c1ccc(N2CC3(CCN(Cc4cn(C5CCCCC5)nc4C4=CC=C(C(F)(F)F)CC=C4)CC3)OC2=O)cc1. The number of allylic oxidation sites excluding steroid dienone is 6. The fraction of sp³-hybridized carbons (Fsp3) is 0.469. The molecule has 2 saturated heterocycles. The second-order valence-electron chi connectivity index (χ2n) is 12.0. The molecule has 1 N–H and O–H groups in total. The number of carbonyl (C=O) groups excluding carboxylic acids is 1. The zero-order valence-corrected chi connectivity index (χ0v) is 23.9. The predicted octanol–water partition coefficient (Wildman–Crippen LogP) is 6.91. The van der Waals surface area contributed by atoms with Gasteiger partial charge in [0.25, 0.3) is 0 Å². The molecule has 43 heavy (non-hydrogen) atoms. The topological polar surface area (TPSA) is 87.9 Å². The van der Waals surface area contributed by atoms with Crippen molar-refractivity contribution < 1.29 is 32.6 Å². The third kappa shape index (κ3) is 6.27. The standard InChI is InChI=1S/C32H35F3N4O4/c33-32(34,35)25-6-4-5-22(9-12-25)28-24(20-39(36-28)27-7-2-1-3-8-27)19-37-17-15-31(16-18-37)21-38(30(42)43-31)26-13-10-23(11-14-26)29(40)41/h4-5,9-14,20,27H,1-3,6-8,15-19,21H2,(H,40,41). The predicted molar refractivity (Wildman–Crippen MR) is 155 cm³/mol. The molecular formula is C32H35F3N4O4. The van der Waals surface area contributed by atoms with Crippen molar-refractivity contribution in [2.45, 2.75) is 75.7 Å². The summed E-state index contributed by atoms with van der Waals surface area (Å²) < 4.78 is 48.1. The van der Waals surface area contributed by atoms with Crippen LogP contribution in [0.1, 0.15) is 79.0 Å². The van der Waals surface area contributed by atoms with E-state index in [0.29, 0.717) is 56.0 Å². The normalized spacial score (nSPS) is 21.5. The number of likely N-dealkylation sites (tertiary alicyclic amines) is 1. The molecule has 0 unspecified atom stereocenters. The maximum Gasteiger partial charge on any atom is 0.415 e. The molecule has 228 valence electrons. The van der Waals surface area contributed by atoms with Crippen LogP contribution in [0.4, 0.5) is 23.7 Å². The van der Waals surface area contributed by atoms with Gasteiger partial charge in [-0.05, 0) is 43.5 Å². The van der Waals surface area contributed by atoms with Gasteiger partial charge in [0, 0.05) is 61.1 Å². The van der Waals surface area contributed by atoms with E-state index in [1.807, 2.05) is 4.68 Å². The number of aromatic carboxylic acids is 1. The molecule has 1 aromatic heterocycles. The fourth-order valence-corrected chi connectivity index (χ4v) is 6.54. The summed E-state index contributed by atoms with van der Waals surface area (Å²) >= 11 is 0. The van der Waals surface area contributed by atoms with Gasteiger partial charge < -0.3 is 9.84 Å². The Hall–Kier alpha value is -3.86. The van der Waals surface area contributed by atoms with E-state index < -0.39 is 29.4 Å². The summed E-state index contributed by atoms with van der Waals surface area (Å²) in [5, 5.41) is 14.1. The third-order valence-electron chi connectivity index (χ3n) is 9.05. The second kappa shape index (κ2) is 11.7. The Bertz CT molecular complexity index is 1460. The highest BCUT2D eigenvalue weighted by atomic mass is 19.4. The monoisotopic (exact) mass is 596 g/mol. The number of alkyl halides is 3. The van der Waals surface area contributed by atoms with Gasteiger partial charge in [0.2, 0.25) is 0 Å². The molecule has 1 saturated carbocycles. The van der Waals surface area contributed by atoms with Gasteiger partial charge in [-0.3, -0.25) is 14.5 Å². The number of hydrogen-bond acceptors (Lipinski definition) is 5. The Morgan fingerprint density at radius 2 is 1.79 bits per heavy atom.